The SMILES string of the molecule is COc1ccc(C(Cl)c2ccccc2I)c(OC)c1Br. The van der Waals surface area contributed by atoms with Crippen molar-refractivity contribution < 1.29 is 9.47 Å². The summed E-state index contributed by atoms with van der Waals surface area (Å²) in [5.41, 5.74) is 1.97. The van der Waals surface area contributed by atoms with Crippen LogP contribution >= 0.6 is 50.1 Å². The average molecular weight is 468 g/mol. The normalized spacial score (nSPS) is 12.1. The van der Waals surface area contributed by atoms with Gasteiger partial charge in [-0.1, -0.05) is 18.2 Å². The Morgan fingerprint density at radius 1 is 1.05 bits per heavy atom. The summed E-state index contributed by atoms with van der Waals surface area (Å²) < 4.78 is 12.7. The second-order valence-electron chi connectivity index (χ2n) is 4.09. The molecule has 0 bridgehead atoms. The second-order valence-corrected chi connectivity index (χ2v) is 6.48. The second kappa shape index (κ2) is 7.00. The molecule has 20 heavy (non-hydrogen) atoms. The van der Waals surface area contributed by atoms with Crippen molar-refractivity contribution in [2.24, 2.45) is 0 Å². The third kappa shape index (κ3) is 3.07. The highest BCUT2D eigenvalue weighted by Crippen LogP contribution is 2.44. The molecule has 0 N–H and O–H groups in total. The van der Waals surface area contributed by atoms with E-state index < -0.39 is 0 Å². The van der Waals surface area contributed by atoms with E-state index in [9.17, 15) is 0 Å². The lowest BCUT2D eigenvalue weighted by Crippen LogP contribution is -2.01. The van der Waals surface area contributed by atoms with Gasteiger partial charge < -0.3 is 9.47 Å². The molecule has 0 heterocycles. The molecule has 0 saturated carbocycles. The van der Waals surface area contributed by atoms with E-state index >= 15 is 0 Å². The number of alkyl halides is 1. The Bertz CT molecular complexity index is 619. The van der Waals surface area contributed by atoms with Gasteiger partial charge in [-0.05, 0) is 62.3 Å². The van der Waals surface area contributed by atoms with Gasteiger partial charge in [0, 0.05) is 9.13 Å². The average Bonchev–Trinajstić information content (AvgIpc) is 2.46. The fourth-order valence-corrected chi connectivity index (χ4v) is 3.90. The lowest BCUT2D eigenvalue weighted by Gasteiger charge is -2.18. The lowest BCUT2D eigenvalue weighted by atomic mass is 10.0. The Kier molecular flexibility index (Phi) is 5.57. The van der Waals surface area contributed by atoms with E-state index in [1.165, 1.54) is 0 Å². The van der Waals surface area contributed by atoms with Gasteiger partial charge in [0.15, 0.2) is 0 Å². The first kappa shape index (κ1) is 15.9. The first-order valence-corrected chi connectivity index (χ1v) is 8.19. The Balaban J connectivity index is 2.53. The van der Waals surface area contributed by atoms with Crippen molar-refractivity contribution >= 4 is 50.1 Å². The third-order valence-electron chi connectivity index (χ3n) is 2.97. The molecule has 2 nitrogen and oxygen atoms in total. The van der Waals surface area contributed by atoms with E-state index in [-0.39, 0.29) is 5.38 Å². The number of methoxy groups -OCH3 is 2. The molecule has 5 heteroatoms. The van der Waals surface area contributed by atoms with Crippen LogP contribution < -0.4 is 9.47 Å². The fourth-order valence-electron chi connectivity index (χ4n) is 1.97. The number of ether oxygens (including phenoxy) is 2. The zero-order valence-corrected chi connectivity index (χ0v) is 15.5. The molecule has 106 valence electrons. The summed E-state index contributed by atoms with van der Waals surface area (Å²) in [5, 5.41) is -0.278. The molecule has 0 amide bonds. The monoisotopic (exact) mass is 466 g/mol. The van der Waals surface area contributed by atoms with Gasteiger partial charge >= 0.3 is 0 Å². The summed E-state index contributed by atoms with van der Waals surface area (Å²) in [5.74, 6) is 1.42. The summed E-state index contributed by atoms with van der Waals surface area (Å²) in [4.78, 5) is 0. The summed E-state index contributed by atoms with van der Waals surface area (Å²) in [6.07, 6.45) is 0. The maximum Gasteiger partial charge on any atom is 0.141 e. The Labute approximate surface area is 145 Å². The number of halogens is 3. The van der Waals surface area contributed by atoms with Crippen LogP contribution in [0.25, 0.3) is 0 Å². The van der Waals surface area contributed by atoms with Crippen LogP contribution in [-0.2, 0) is 0 Å². The summed E-state index contributed by atoms with van der Waals surface area (Å²) in [6.45, 7) is 0. The molecular formula is C15H13BrClIO2. The molecule has 2 aromatic carbocycles. The highest BCUT2D eigenvalue weighted by molar-refractivity contribution is 14.1. The minimum atomic E-state index is -0.278. The summed E-state index contributed by atoms with van der Waals surface area (Å²) >= 11 is 12.4. The van der Waals surface area contributed by atoms with Crippen molar-refractivity contribution in [3.63, 3.8) is 0 Å². The summed E-state index contributed by atoms with van der Waals surface area (Å²) in [6, 6.07) is 11.9. The van der Waals surface area contributed by atoms with Crippen LogP contribution in [0.5, 0.6) is 11.5 Å². The Morgan fingerprint density at radius 3 is 2.35 bits per heavy atom. The molecule has 1 unspecified atom stereocenters. The van der Waals surface area contributed by atoms with Crippen LogP contribution in [0.3, 0.4) is 0 Å². The predicted octanol–water partition coefficient (Wildman–Crippen LogP) is 5.40. The van der Waals surface area contributed by atoms with Crippen molar-refractivity contribution in [3.8, 4) is 11.5 Å². The predicted molar refractivity (Wildman–Crippen MR) is 94.1 cm³/mol. The molecule has 0 aliphatic heterocycles. The molecule has 2 aromatic rings. The van der Waals surface area contributed by atoms with Crippen LogP contribution in [-0.4, -0.2) is 14.2 Å². The Hall–Kier alpha value is -0.460. The van der Waals surface area contributed by atoms with Gasteiger partial charge in [-0.3, -0.25) is 0 Å². The van der Waals surface area contributed by atoms with E-state index in [4.69, 9.17) is 21.1 Å². The highest BCUT2D eigenvalue weighted by atomic mass is 127. The molecular weight excluding hydrogens is 454 g/mol. The zero-order chi connectivity index (χ0) is 14.7. The maximum atomic E-state index is 6.64. The van der Waals surface area contributed by atoms with Crippen LogP contribution in [0.4, 0.5) is 0 Å². The largest absolute Gasteiger partial charge is 0.495 e. The van der Waals surface area contributed by atoms with E-state index in [1.807, 2.05) is 36.4 Å². The number of rotatable bonds is 4. The molecule has 0 fully saturated rings. The molecule has 0 radical (unpaired) electrons. The molecule has 0 aliphatic rings. The van der Waals surface area contributed by atoms with Gasteiger partial charge in [-0.2, -0.15) is 0 Å². The molecule has 0 saturated heterocycles. The van der Waals surface area contributed by atoms with Crippen LogP contribution in [0.15, 0.2) is 40.9 Å². The van der Waals surface area contributed by atoms with E-state index in [1.54, 1.807) is 14.2 Å². The van der Waals surface area contributed by atoms with Crippen molar-refractivity contribution in [1.82, 2.24) is 0 Å². The first-order chi connectivity index (χ1) is 9.60. The molecule has 2 rings (SSSR count). The first-order valence-electron chi connectivity index (χ1n) is 5.89. The number of hydrogen-bond acceptors (Lipinski definition) is 2. The number of benzene rings is 2. The van der Waals surface area contributed by atoms with E-state index in [0.717, 1.165) is 24.9 Å². The maximum absolute atomic E-state index is 6.64. The minimum Gasteiger partial charge on any atom is -0.495 e. The highest BCUT2D eigenvalue weighted by Gasteiger charge is 2.21. The van der Waals surface area contributed by atoms with Crippen molar-refractivity contribution in [2.45, 2.75) is 5.38 Å². The lowest BCUT2D eigenvalue weighted by molar-refractivity contribution is 0.386. The smallest absolute Gasteiger partial charge is 0.141 e. The van der Waals surface area contributed by atoms with Gasteiger partial charge in [0.05, 0.1) is 19.6 Å². The van der Waals surface area contributed by atoms with E-state index in [0.29, 0.717) is 5.75 Å². The summed E-state index contributed by atoms with van der Waals surface area (Å²) in [7, 11) is 3.25. The molecule has 0 spiro atoms. The van der Waals surface area contributed by atoms with Gasteiger partial charge in [0.25, 0.3) is 0 Å². The van der Waals surface area contributed by atoms with Gasteiger partial charge in [-0.25, -0.2) is 0 Å². The quantitative estimate of drug-likeness (QED) is 0.443. The van der Waals surface area contributed by atoms with Crippen LogP contribution in [0.2, 0.25) is 0 Å². The number of hydrogen-bond donors (Lipinski definition) is 0. The van der Waals surface area contributed by atoms with Gasteiger partial charge in [0.2, 0.25) is 0 Å². The fraction of sp³-hybridized carbons (Fsp3) is 0.200. The van der Waals surface area contributed by atoms with Crippen LogP contribution in [0.1, 0.15) is 16.5 Å². The topological polar surface area (TPSA) is 18.5 Å². The molecule has 0 aliphatic carbocycles. The van der Waals surface area contributed by atoms with Gasteiger partial charge in [-0.15, -0.1) is 11.6 Å². The Morgan fingerprint density at radius 2 is 1.75 bits per heavy atom. The van der Waals surface area contributed by atoms with E-state index in [2.05, 4.69) is 38.5 Å². The molecule has 1 atom stereocenters. The zero-order valence-electron chi connectivity index (χ0n) is 11.0. The minimum absolute atomic E-state index is 0.278. The van der Waals surface area contributed by atoms with Crippen molar-refractivity contribution in [2.75, 3.05) is 14.2 Å². The van der Waals surface area contributed by atoms with Crippen molar-refractivity contribution in [3.05, 3.63) is 55.6 Å². The molecule has 0 aromatic heterocycles. The van der Waals surface area contributed by atoms with Crippen molar-refractivity contribution in [1.29, 1.82) is 0 Å². The van der Waals surface area contributed by atoms with Gasteiger partial charge in [0.1, 0.15) is 16.0 Å². The van der Waals surface area contributed by atoms with Crippen LogP contribution in [0, 0.1) is 3.57 Å². The standard InChI is InChI=1S/C15H13BrClIO2/c1-19-12-8-7-10(15(20-2)13(12)16)14(17)9-5-3-4-6-11(9)18/h3-8,14H,1-2H3. The third-order valence-corrected chi connectivity index (χ3v) is 5.17.